The zero-order valence-corrected chi connectivity index (χ0v) is 12.4. The lowest BCUT2D eigenvalue weighted by molar-refractivity contribution is 0.0650. The fourth-order valence-corrected chi connectivity index (χ4v) is 3.10. The molecule has 2 aromatic rings. The van der Waals surface area contributed by atoms with Crippen LogP contribution >= 0.6 is 11.3 Å². The van der Waals surface area contributed by atoms with Gasteiger partial charge in [-0.25, -0.2) is 4.98 Å². The van der Waals surface area contributed by atoms with E-state index in [9.17, 15) is 4.79 Å². The van der Waals surface area contributed by atoms with Crippen molar-refractivity contribution >= 4 is 17.2 Å². The molecule has 1 aliphatic rings. The van der Waals surface area contributed by atoms with E-state index < -0.39 is 0 Å². The number of carbonyl (C=O) groups is 1. The van der Waals surface area contributed by atoms with Gasteiger partial charge in [0, 0.05) is 49.9 Å². The Morgan fingerprint density at radius 3 is 3.10 bits per heavy atom. The third-order valence-electron chi connectivity index (χ3n) is 3.44. The standard InChI is InChI=1S/C13H17N5OS/c1-9-5-14-3-4-18(9)13(19)11-8-20-12(16-11)10-6-15-17(2)7-10/h6-9,14H,3-5H2,1-2H3/t9-/m1/s1. The molecule has 20 heavy (non-hydrogen) atoms. The van der Waals surface area contributed by atoms with Crippen molar-refractivity contribution in [3.8, 4) is 10.6 Å². The average molecular weight is 291 g/mol. The quantitative estimate of drug-likeness (QED) is 0.896. The number of thiazole rings is 1. The fraction of sp³-hybridized carbons (Fsp3) is 0.462. The first-order chi connectivity index (χ1) is 9.65. The van der Waals surface area contributed by atoms with Crippen LogP contribution < -0.4 is 5.32 Å². The summed E-state index contributed by atoms with van der Waals surface area (Å²) in [6.07, 6.45) is 3.67. The van der Waals surface area contributed by atoms with Crippen molar-refractivity contribution in [3.63, 3.8) is 0 Å². The highest BCUT2D eigenvalue weighted by molar-refractivity contribution is 7.13. The summed E-state index contributed by atoms with van der Waals surface area (Å²) >= 11 is 1.48. The van der Waals surface area contributed by atoms with Gasteiger partial charge in [0.05, 0.1) is 6.20 Å². The molecule has 0 bridgehead atoms. The number of nitrogens with one attached hydrogen (secondary N) is 1. The molecule has 1 amide bonds. The van der Waals surface area contributed by atoms with Crippen LogP contribution in [-0.2, 0) is 7.05 Å². The molecule has 106 valence electrons. The molecular formula is C13H17N5OS. The second kappa shape index (κ2) is 5.34. The minimum Gasteiger partial charge on any atom is -0.332 e. The van der Waals surface area contributed by atoms with Crippen LogP contribution in [0.4, 0.5) is 0 Å². The van der Waals surface area contributed by atoms with Gasteiger partial charge < -0.3 is 10.2 Å². The number of nitrogens with zero attached hydrogens (tertiary/aromatic N) is 4. The summed E-state index contributed by atoms with van der Waals surface area (Å²) in [5.41, 5.74) is 1.48. The lowest BCUT2D eigenvalue weighted by Gasteiger charge is -2.33. The van der Waals surface area contributed by atoms with Crippen LogP contribution in [0.25, 0.3) is 10.6 Å². The number of carbonyl (C=O) groups excluding carboxylic acids is 1. The van der Waals surface area contributed by atoms with Crippen LogP contribution in [0.1, 0.15) is 17.4 Å². The fourth-order valence-electron chi connectivity index (χ4n) is 2.33. The number of aryl methyl sites for hydroxylation is 1. The van der Waals surface area contributed by atoms with E-state index in [2.05, 4.69) is 22.3 Å². The number of hydrogen-bond acceptors (Lipinski definition) is 5. The van der Waals surface area contributed by atoms with Crippen LogP contribution in [0.2, 0.25) is 0 Å². The van der Waals surface area contributed by atoms with Crippen LogP contribution in [0.15, 0.2) is 17.8 Å². The maximum atomic E-state index is 12.5. The van der Waals surface area contributed by atoms with Crippen molar-refractivity contribution in [3.05, 3.63) is 23.5 Å². The molecule has 0 radical (unpaired) electrons. The van der Waals surface area contributed by atoms with E-state index in [1.165, 1.54) is 11.3 Å². The van der Waals surface area contributed by atoms with Crippen molar-refractivity contribution in [2.24, 2.45) is 7.05 Å². The third kappa shape index (κ3) is 2.46. The largest absolute Gasteiger partial charge is 0.332 e. The van der Waals surface area contributed by atoms with Gasteiger partial charge >= 0.3 is 0 Å². The van der Waals surface area contributed by atoms with Crippen molar-refractivity contribution < 1.29 is 4.79 Å². The molecule has 1 fully saturated rings. The van der Waals surface area contributed by atoms with Crippen molar-refractivity contribution in [1.82, 2.24) is 25.0 Å². The summed E-state index contributed by atoms with van der Waals surface area (Å²) in [4.78, 5) is 18.8. The molecule has 3 heterocycles. The maximum Gasteiger partial charge on any atom is 0.273 e. The first kappa shape index (κ1) is 13.3. The molecule has 7 heteroatoms. The number of amides is 1. The van der Waals surface area contributed by atoms with Gasteiger partial charge in [0.2, 0.25) is 0 Å². The van der Waals surface area contributed by atoms with Crippen molar-refractivity contribution in [2.45, 2.75) is 13.0 Å². The molecule has 6 nitrogen and oxygen atoms in total. The Morgan fingerprint density at radius 2 is 2.40 bits per heavy atom. The van der Waals surface area contributed by atoms with Gasteiger partial charge in [-0.2, -0.15) is 5.10 Å². The van der Waals surface area contributed by atoms with Crippen LogP contribution in [0, 0.1) is 0 Å². The van der Waals surface area contributed by atoms with Crippen LogP contribution in [0.5, 0.6) is 0 Å². The summed E-state index contributed by atoms with van der Waals surface area (Å²) in [7, 11) is 1.87. The molecule has 2 aromatic heterocycles. The van der Waals surface area contributed by atoms with Gasteiger partial charge in [-0.15, -0.1) is 11.3 Å². The number of aromatic nitrogens is 3. The second-order valence-corrected chi connectivity index (χ2v) is 5.85. The Bertz CT molecular complexity index is 620. The molecule has 1 N–H and O–H groups in total. The minimum absolute atomic E-state index is 0.0189. The Morgan fingerprint density at radius 1 is 1.55 bits per heavy atom. The molecule has 0 saturated carbocycles. The van der Waals surface area contributed by atoms with Gasteiger partial charge in [0.1, 0.15) is 10.7 Å². The summed E-state index contributed by atoms with van der Waals surface area (Å²) in [6.45, 7) is 4.47. The normalized spacial score (nSPS) is 19.3. The zero-order valence-electron chi connectivity index (χ0n) is 11.5. The first-order valence-electron chi connectivity index (χ1n) is 6.61. The van der Waals surface area contributed by atoms with Crippen LogP contribution in [0.3, 0.4) is 0 Å². The van der Waals surface area contributed by atoms with Gasteiger partial charge in [0.25, 0.3) is 5.91 Å². The molecule has 1 saturated heterocycles. The van der Waals surface area contributed by atoms with E-state index in [0.29, 0.717) is 5.69 Å². The molecule has 0 aliphatic carbocycles. The average Bonchev–Trinajstić information content (AvgIpc) is 3.07. The lowest BCUT2D eigenvalue weighted by atomic mass is 10.2. The van der Waals surface area contributed by atoms with Crippen molar-refractivity contribution in [1.29, 1.82) is 0 Å². The molecule has 0 aromatic carbocycles. The summed E-state index contributed by atoms with van der Waals surface area (Å²) in [6, 6.07) is 0.208. The highest BCUT2D eigenvalue weighted by Crippen LogP contribution is 2.24. The Labute approximate surface area is 121 Å². The van der Waals surface area contributed by atoms with Gasteiger partial charge in [-0.3, -0.25) is 9.48 Å². The van der Waals surface area contributed by atoms with E-state index in [4.69, 9.17) is 0 Å². The molecule has 1 atom stereocenters. The predicted molar refractivity (Wildman–Crippen MR) is 77.7 cm³/mol. The molecule has 1 aliphatic heterocycles. The van der Waals surface area contributed by atoms with E-state index >= 15 is 0 Å². The molecular weight excluding hydrogens is 274 g/mol. The van der Waals surface area contributed by atoms with E-state index in [-0.39, 0.29) is 11.9 Å². The van der Waals surface area contributed by atoms with E-state index in [1.54, 1.807) is 10.9 Å². The van der Waals surface area contributed by atoms with E-state index in [1.807, 2.05) is 23.5 Å². The Hall–Kier alpha value is -1.73. The van der Waals surface area contributed by atoms with Gasteiger partial charge in [0.15, 0.2) is 0 Å². The summed E-state index contributed by atoms with van der Waals surface area (Å²) in [5.74, 6) is 0.0189. The van der Waals surface area contributed by atoms with Gasteiger partial charge in [-0.1, -0.05) is 0 Å². The first-order valence-corrected chi connectivity index (χ1v) is 7.49. The second-order valence-electron chi connectivity index (χ2n) is 4.99. The monoisotopic (exact) mass is 291 g/mol. The smallest absolute Gasteiger partial charge is 0.273 e. The summed E-state index contributed by atoms with van der Waals surface area (Å²) < 4.78 is 1.73. The van der Waals surface area contributed by atoms with Gasteiger partial charge in [-0.05, 0) is 6.92 Å². The van der Waals surface area contributed by atoms with E-state index in [0.717, 1.165) is 30.2 Å². The number of rotatable bonds is 2. The van der Waals surface area contributed by atoms with Crippen LogP contribution in [-0.4, -0.2) is 51.2 Å². The maximum absolute atomic E-state index is 12.5. The Balaban J connectivity index is 1.81. The zero-order chi connectivity index (χ0) is 14.1. The number of piperazine rings is 1. The molecule has 3 rings (SSSR count). The van der Waals surface area contributed by atoms with Crippen molar-refractivity contribution in [2.75, 3.05) is 19.6 Å². The topological polar surface area (TPSA) is 63.1 Å². The highest BCUT2D eigenvalue weighted by Gasteiger charge is 2.25. The predicted octanol–water partition coefficient (Wildman–Crippen LogP) is 0.977. The number of hydrogen-bond donors (Lipinski definition) is 1. The lowest BCUT2D eigenvalue weighted by Crippen LogP contribution is -2.52. The highest BCUT2D eigenvalue weighted by atomic mass is 32.1. The molecule has 0 unspecified atom stereocenters. The third-order valence-corrected chi connectivity index (χ3v) is 4.33. The SMILES string of the molecule is C[C@@H]1CNCCN1C(=O)c1csc(-c2cnn(C)c2)n1. The molecule has 0 spiro atoms. The summed E-state index contributed by atoms with van der Waals surface area (Å²) in [5, 5.41) is 10.1. The Kier molecular flexibility index (Phi) is 3.54. The minimum atomic E-state index is 0.0189.